The van der Waals surface area contributed by atoms with Gasteiger partial charge in [-0.25, -0.2) is 9.78 Å². The Bertz CT molecular complexity index is 896. The van der Waals surface area contributed by atoms with E-state index in [2.05, 4.69) is 4.98 Å². The first kappa shape index (κ1) is 19.1. The second-order valence-corrected chi connectivity index (χ2v) is 7.39. The zero-order valence-corrected chi connectivity index (χ0v) is 15.3. The predicted octanol–water partition coefficient (Wildman–Crippen LogP) is 1.76. The van der Waals surface area contributed by atoms with Gasteiger partial charge in [0.2, 0.25) is 0 Å². The average Bonchev–Trinajstić information content (AvgIpc) is 2.85. The Kier molecular flexibility index (Phi) is 5.28. The van der Waals surface area contributed by atoms with Crippen molar-refractivity contribution < 1.29 is 24.5 Å². The van der Waals surface area contributed by atoms with Gasteiger partial charge >= 0.3 is 11.9 Å². The Labute approximate surface area is 147 Å². The van der Waals surface area contributed by atoms with Crippen molar-refractivity contribution in [3.63, 3.8) is 0 Å². The summed E-state index contributed by atoms with van der Waals surface area (Å²) in [6.07, 6.45) is 0.316. The van der Waals surface area contributed by atoms with Crippen LogP contribution in [0.2, 0.25) is 0 Å². The van der Waals surface area contributed by atoms with Crippen molar-refractivity contribution in [1.29, 1.82) is 0 Å². The number of carboxylic acid groups (broad SMARTS) is 2. The third kappa shape index (κ3) is 3.57. The summed E-state index contributed by atoms with van der Waals surface area (Å²) in [4.78, 5) is 40.6. The quantitative estimate of drug-likeness (QED) is 0.764. The van der Waals surface area contributed by atoms with E-state index in [0.717, 1.165) is 11.3 Å². The van der Waals surface area contributed by atoms with Gasteiger partial charge in [-0.05, 0) is 26.3 Å². The van der Waals surface area contributed by atoms with Gasteiger partial charge in [-0.15, -0.1) is 11.3 Å². The zero-order chi connectivity index (χ0) is 18.9. The van der Waals surface area contributed by atoms with E-state index in [1.807, 2.05) is 0 Å². The van der Waals surface area contributed by atoms with Gasteiger partial charge in [0, 0.05) is 20.1 Å². The van der Waals surface area contributed by atoms with Crippen molar-refractivity contribution in [2.75, 3.05) is 13.7 Å². The van der Waals surface area contributed by atoms with E-state index in [1.54, 1.807) is 6.92 Å². The number of fused-ring (bicyclic) bond motifs is 1. The van der Waals surface area contributed by atoms with Gasteiger partial charge in [0.15, 0.2) is 0 Å². The van der Waals surface area contributed by atoms with Crippen molar-refractivity contribution >= 4 is 33.5 Å². The molecule has 0 fully saturated rings. The Balaban J connectivity index is 2.74. The number of aromatic carboxylic acids is 1. The van der Waals surface area contributed by atoms with Crippen molar-refractivity contribution in [3.05, 3.63) is 26.6 Å². The van der Waals surface area contributed by atoms with Gasteiger partial charge in [0.25, 0.3) is 5.56 Å². The molecule has 2 rings (SSSR count). The number of aliphatic carboxylic acids is 1. The molecule has 0 radical (unpaired) electrons. The van der Waals surface area contributed by atoms with Crippen LogP contribution in [-0.4, -0.2) is 45.4 Å². The molecule has 0 aliphatic rings. The van der Waals surface area contributed by atoms with Crippen molar-refractivity contribution in [1.82, 2.24) is 9.55 Å². The van der Waals surface area contributed by atoms with Crippen LogP contribution >= 0.6 is 11.3 Å². The maximum absolute atomic E-state index is 13.0. The summed E-state index contributed by atoms with van der Waals surface area (Å²) < 4.78 is 6.36. The van der Waals surface area contributed by atoms with E-state index in [1.165, 1.54) is 25.5 Å². The molecule has 0 aliphatic carbocycles. The smallest absolute Gasteiger partial charge is 0.346 e. The lowest BCUT2D eigenvalue weighted by molar-refractivity contribution is -0.147. The summed E-state index contributed by atoms with van der Waals surface area (Å²) in [5, 5.41) is 18.9. The normalized spacial score (nSPS) is 11.8. The summed E-state index contributed by atoms with van der Waals surface area (Å²) in [7, 11) is 1.51. The molecular weight excluding hydrogens is 348 g/mol. The molecule has 0 atom stereocenters. The highest BCUT2D eigenvalue weighted by Gasteiger charge is 2.30. The Hall–Kier alpha value is -2.26. The van der Waals surface area contributed by atoms with Crippen LogP contribution in [-0.2, 0) is 22.5 Å². The molecule has 0 bridgehead atoms. The van der Waals surface area contributed by atoms with E-state index in [-0.39, 0.29) is 16.8 Å². The summed E-state index contributed by atoms with van der Waals surface area (Å²) in [6, 6.07) is 0. The van der Waals surface area contributed by atoms with Crippen LogP contribution in [0.1, 0.15) is 34.9 Å². The molecule has 2 heterocycles. The predicted molar refractivity (Wildman–Crippen MR) is 92.6 cm³/mol. The molecule has 2 aromatic heterocycles. The highest BCUT2D eigenvalue weighted by Crippen LogP contribution is 2.28. The van der Waals surface area contributed by atoms with Crippen molar-refractivity contribution in [2.24, 2.45) is 5.41 Å². The lowest BCUT2D eigenvalue weighted by Crippen LogP contribution is -2.36. The first-order valence-corrected chi connectivity index (χ1v) is 8.40. The second-order valence-electron chi connectivity index (χ2n) is 6.39. The fourth-order valence-electron chi connectivity index (χ4n) is 2.47. The largest absolute Gasteiger partial charge is 0.481 e. The molecule has 0 spiro atoms. The SMILES string of the molecule is COCCc1nc2sc(C(=O)O)c(C)c2c(=O)n1CC(C)(C)C(=O)O. The molecular formula is C16H20N2O6S. The first-order chi connectivity index (χ1) is 11.6. The van der Waals surface area contributed by atoms with Crippen LogP contribution in [0, 0.1) is 12.3 Å². The van der Waals surface area contributed by atoms with Gasteiger partial charge in [-0.1, -0.05) is 0 Å². The van der Waals surface area contributed by atoms with E-state index < -0.39 is 22.9 Å². The number of carbonyl (C=O) groups is 2. The number of methoxy groups -OCH3 is 1. The number of thiophene rings is 1. The molecule has 0 aromatic carbocycles. The lowest BCUT2D eigenvalue weighted by atomic mass is 9.93. The minimum Gasteiger partial charge on any atom is -0.481 e. The molecule has 25 heavy (non-hydrogen) atoms. The molecule has 9 heteroatoms. The maximum Gasteiger partial charge on any atom is 0.346 e. The van der Waals surface area contributed by atoms with Crippen LogP contribution in [0.4, 0.5) is 0 Å². The minimum atomic E-state index is -1.18. The molecule has 0 amide bonds. The van der Waals surface area contributed by atoms with Gasteiger partial charge in [-0.3, -0.25) is 14.2 Å². The molecule has 0 saturated heterocycles. The van der Waals surface area contributed by atoms with Crippen molar-refractivity contribution in [2.45, 2.75) is 33.7 Å². The molecule has 136 valence electrons. The standard InChI is InChI=1S/C16H20N2O6S/c1-8-10-12(25-11(8)14(20)21)17-9(5-6-24-4)18(13(10)19)7-16(2,3)15(22)23/h5-7H2,1-4H3,(H,20,21)(H,22,23). The van der Waals surface area contributed by atoms with Crippen LogP contribution in [0.5, 0.6) is 0 Å². The summed E-state index contributed by atoms with van der Waals surface area (Å²) >= 11 is 0.946. The number of hydrogen-bond acceptors (Lipinski definition) is 6. The lowest BCUT2D eigenvalue weighted by Gasteiger charge is -2.22. The number of hydrogen-bond donors (Lipinski definition) is 2. The number of nitrogens with zero attached hydrogens (tertiary/aromatic N) is 2. The van der Waals surface area contributed by atoms with Crippen LogP contribution in [0.3, 0.4) is 0 Å². The molecule has 0 saturated carbocycles. The second kappa shape index (κ2) is 6.93. The number of ether oxygens (including phenoxy) is 1. The van der Waals surface area contributed by atoms with Gasteiger partial charge < -0.3 is 14.9 Å². The summed E-state index contributed by atoms with van der Waals surface area (Å²) in [6.45, 7) is 4.85. The van der Waals surface area contributed by atoms with E-state index in [9.17, 15) is 24.6 Å². The molecule has 2 N–H and O–H groups in total. The Morgan fingerprint density at radius 1 is 1.32 bits per heavy atom. The van der Waals surface area contributed by atoms with Gasteiger partial charge in [0.1, 0.15) is 15.5 Å². The van der Waals surface area contributed by atoms with E-state index >= 15 is 0 Å². The van der Waals surface area contributed by atoms with Crippen LogP contribution in [0.15, 0.2) is 4.79 Å². The summed E-state index contributed by atoms with van der Waals surface area (Å²) in [5.74, 6) is -1.77. The van der Waals surface area contributed by atoms with Gasteiger partial charge in [-0.2, -0.15) is 0 Å². The molecule has 2 aromatic rings. The number of aryl methyl sites for hydroxylation is 1. The third-order valence-electron chi connectivity index (χ3n) is 3.99. The monoisotopic (exact) mass is 368 g/mol. The third-order valence-corrected chi connectivity index (χ3v) is 5.16. The van der Waals surface area contributed by atoms with Crippen LogP contribution in [0.25, 0.3) is 10.2 Å². The zero-order valence-electron chi connectivity index (χ0n) is 14.5. The number of rotatable bonds is 7. The first-order valence-electron chi connectivity index (χ1n) is 7.58. The Morgan fingerprint density at radius 3 is 2.48 bits per heavy atom. The average molecular weight is 368 g/mol. The highest BCUT2D eigenvalue weighted by atomic mass is 32.1. The minimum absolute atomic E-state index is 0.0625. The number of aromatic nitrogens is 2. The maximum atomic E-state index is 13.0. The van der Waals surface area contributed by atoms with E-state index in [0.29, 0.717) is 29.2 Å². The highest BCUT2D eigenvalue weighted by molar-refractivity contribution is 7.20. The molecule has 8 nitrogen and oxygen atoms in total. The molecule has 0 aliphatic heterocycles. The van der Waals surface area contributed by atoms with Gasteiger partial charge in [0.05, 0.1) is 17.4 Å². The summed E-state index contributed by atoms with van der Waals surface area (Å²) in [5.41, 5.74) is -1.25. The fraction of sp³-hybridized carbons (Fsp3) is 0.500. The van der Waals surface area contributed by atoms with E-state index in [4.69, 9.17) is 4.74 Å². The Morgan fingerprint density at radius 2 is 1.96 bits per heavy atom. The molecule has 0 unspecified atom stereocenters. The van der Waals surface area contributed by atoms with Crippen molar-refractivity contribution in [3.8, 4) is 0 Å². The fourth-order valence-corrected chi connectivity index (χ4v) is 3.50. The van der Waals surface area contributed by atoms with Crippen LogP contribution < -0.4 is 5.56 Å². The number of carboxylic acids is 2. The topological polar surface area (TPSA) is 119 Å².